The fraction of sp³-hybridized carbons (Fsp3) is 0.526. The zero-order valence-electron chi connectivity index (χ0n) is 17.3. The van der Waals surface area contributed by atoms with Gasteiger partial charge in [0.05, 0.1) is 0 Å². The van der Waals surface area contributed by atoms with Gasteiger partial charge in [0.25, 0.3) is 10.0 Å². The molecule has 2 aromatic rings. The van der Waals surface area contributed by atoms with Crippen molar-refractivity contribution >= 4 is 32.4 Å². The Hall–Kier alpha value is -1.84. The molecular weight excluding hydrogens is 396 g/mol. The quantitative estimate of drug-likeness (QED) is 0.710. The molecule has 0 radical (unpaired) electrons. The van der Waals surface area contributed by atoms with Crippen molar-refractivity contribution in [2.24, 2.45) is 5.41 Å². The summed E-state index contributed by atoms with van der Waals surface area (Å²) in [5.74, 6) is -0.257. The molecule has 1 unspecified atom stereocenters. The summed E-state index contributed by atoms with van der Waals surface area (Å²) in [6, 6.07) is 7.41. The molecule has 2 N–H and O–H groups in total. The van der Waals surface area contributed by atoms with Crippen molar-refractivity contribution in [3.8, 4) is 0 Å². The number of benzene rings is 1. The molecule has 0 bridgehead atoms. The van der Waals surface area contributed by atoms with E-state index in [0.717, 1.165) is 16.9 Å². The first-order valence-electron chi connectivity index (χ1n) is 8.98. The van der Waals surface area contributed by atoms with Crippen LogP contribution in [0.1, 0.15) is 65.6 Å². The smallest absolute Gasteiger partial charge is 0.270 e. The average molecular weight is 425 g/mol. The molecule has 28 heavy (non-hydrogen) atoms. The van der Waals surface area contributed by atoms with E-state index in [1.807, 2.05) is 24.3 Å². The first-order valence-corrected chi connectivity index (χ1v) is 11.3. The SMILES string of the molecule is CC(NS(=O)(=O)c1nnc(NC(=O)C(C)(C)C)s1)c1ccc(C(C)(C)C)cc1. The Kier molecular flexibility index (Phi) is 6.32. The lowest BCUT2D eigenvalue weighted by Gasteiger charge is -2.20. The van der Waals surface area contributed by atoms with Crippen molar-refractivity contribution in [3.63, 3.8) is 0 Å². The Balaban J connectivity index is 2.12. The molecule has 1 aromatic carbocycles. The van der Waals surface area contributed by atoms with Crippen molar-refractivity contribution in [1.29, 1.82) is 0 Å². The number of sulfonamides is 1. The lowest BCUT2D eigenvalue weighted by molar-refractivity contribution is -0.123. The number of aromatic nitrogens is 2. The number of rotatable bonds is 5. The van der Waals surface area contributed by atoms with Crippen LogP contribution in [0.4, 0.5) is 5.13 Å². The first kappa shape index (κ1) is 22.4. The monoisotopic (exact) mass is 424 g/mol. The van der Waals surface area contributed by atoms with Crippen LogP contribution in [0.3, 0.4) is 0 Å². The van der Waals surface area contributed by atoms with Crippen LogP contribution >= 0.6 is 11.3 Å². The van der Waals surface area contributed by atoms with Gasteiger partial charge < -0.3 is 5.32 Å². The van der Waals surface area contributed by atoms with Crippen LogP contribution in [0.25, 0.3) is 0 Å². The zero-order valence-corrected chi connectivity index (χ0v) is 19.0. The van der Waals surface area contributed by atoms with Crippen LogP contribution in [0.2, 0.25) is 0 Å². The van der Waals surface area contributed by atoms with Crippen LogP contribution in [-0.4, -0.2) is 24.5 Å². The molecule has 1 heterocycles. The van der Waals surface area contributed by atoms with Crippen molar-refractivity contribution in [3.05, 3.63) is 35.4 Å². The molecule has 0 spiro atoms. The van der Waals surface area contributed by atoms with Gasteiger partial charge in [0, 0.05) is 11.5 Å². The summed E-state index contributed by atoms with van der Waals surface area (Å²) < 4.78 is 27.7. The minimum absolute atomic E-state index is 0.0295. The zero-order chi connectivity index (χ0) is 21.3. The van der Waals surface area contributed by atoms with E-state index in [1.165, 1.54) is 5.56 Å². The molecular formula is C19H28N4O3S2. The second-order valence-corrected chi connectivity index (χ2v) is 11.7. The summed E-state index contributed by atoms with van der Waals surface area (Å²) in [7, 11) is -3.85. The Morgan fingerprint density at radius 2 is 1.61 bits per heavy atom. The van der Waals surface area contributed by atoms with Gasteiger partial charge in [0.2, 0.25) is 15.4 Å². The summed E-state index contributed by atoms with van der Waals surface area (Å²) in [6.45, 7) is 13.4. The molecule has 0 saturated heterocycles. The molecule has 0 fully saturated rings. The predicted molar refractivity (Wildman–Crippen MR) is 112 cm³/mol. The number of hydrogen-bond acceptors (Lipinski definition) is 6. The third-order valence-electron chi connectivity index (χ3n) is 4.15. The third-order valence-corrected chi connectivity index (χ3v) is 6.89. The average Bonchev–Trinajstić information content (AvgIpc) is 3.02. The van der Waals surface area contributed by atoms with Crippen LogP contribution < -0.4 is 10.0 Å². The van der Waals surface area contributed by atoms with Crippen LogP contribution in [0.15, 0.2) is 28.6 Å². The lowest BCUT2D eigenvalue weighted by atomic mass is 9.86. The van der Waals surface area contributed by atoms with E-state index in [-0.39, 0.29) is 20.8 Å². The minimum atomic E-state index is -3.85. The van der Waals surface area contributed by atoms with Crippen molar-refractivity contribution in [2.45, 2.75) is 64.3 Å². The fourth-order valence-corrected chi connectivity index (χ4v) is 4.42. The van der Waals surface area contributed by atoms with Gasteiger partial charge in [-0.25, -0.2) is 13.1 Å². The summed E-state index contributed by atoms with van der Waals surface area (Å²) in [5, 5.41) is 10.2. The molecule has 0 aliphatic carbocycles. The van der Waals surface area contributed by atoms with E-state index in [4.69, 9.17) is 0 Å². The standard InChI is InChI=1S/C19H28N4O3S2/c1-12(13-8-10-14(11-9-13)18(2,3)4)23-28(25,26)17-22-21-16(27-17)20-15(24)19(5,6)7/h8-12,23H,1-7H3,(H,20,21,24). The third kappa shape index (κ3) is 5.59. The van der Waals surface area contributed by atoms with Crippen molar-refractivity contribution < 1.29 is 13.2 Å². The van der Waals surface area contributed by atoms with E-state index >= 15 is 0 Å². The topological polar surface area (TPSA) is 101 Å². The van der Waals surface area contributed by atoms with Crippen molar-refractivity contribution in [2.75, 3.05) is 5.32 Å². The van der Waals surface area contributed by atoms with E-state index in [2.05, 4.69) is 41.0 Å². The summed E-state index contributed by atoms with van der Waals surface area (Å²) in [5.41, 5.74) is 1.44. The Morgan fingerprint density at radius 1 is 1.04 bits per heavy atom. The van der Waals surface area contributed by atoms with Gasteiger partial charge in [-0.2, -0.15) is 0 Å². The molecule has 0 saturated carbocycles. The number of nitrogens with zero attached hydrogens (tertiary/aromatic N) is 2. The normalized spacial score (nSPS) is 14.0. The molecule has 0 aliphatic heterocycles. The fourth-order valence-electron chi connectivity index (χ4n) is 2.28. The second-order valence-electron chi connectivity index (χ2n) is 8.79. The van der Waals surface area contributed by atoms with Gasteiger partial charge in [0.1, 0.15) is 0 Å². The molecule has 0 aliphatic rings. The van der Waals surface area contributed by atoms with Gasteiger partial charge in [-0.3, -0.25) is 4.79 Å². The van der Waals surface area contributed by atoms with Crippen LogP contribution in [-0.2, 0) is 20.2 Å². The number of amides is 1. The Bertz CT molecular complexity index is 937. The summed E-state index contributed by atoms with van der Waals surface area (Å²) in [6.07, 6.45) is 0. The van der Waals surface area contributed by atoms with Gasteiger partial charge in [-0.05, 0) is 23.5 Å². The van der Waals surface area contributed by atoms with Gasteiger partial charge in [-0.15, -0.1) is 10.2 Å². The Morgan fingerprint density at radius 3 is 2.11 bits per heavy atom. The van der Waals surface area contributed by atoms with E-state index in [0.29, 0.717) is 0 Å². The summed E-state index contributed by atoms with van der Waals surface area (Å²) in [4.78, 5) is 12.0. The molecule has 1 aromatic heterocycles. The predicted octanol–water partition coefficient (Wildman–Crippen LogP) is 3.86. The number of hydrogen-bond donors (Lipinski definition) is 2. The molecule has 1 amide bonds. The van der Waals surface area contributed by atoms with Crippen molar-refractivity contribution in [1.82, 2.24) is 14.9 Å². The van der Waals surface area contributed by atoms with E-state index in [1.54, 1.807) is 27.7 Å². The molecule has 154 valence electrons. The number of anilines is 1. The molecule has 2 rings (SSSR count). The molecule has 9 heteroatoms. The first-order chi connectivity index (χ1) is 12.7. The second kappa shape index (κ2) is 7.88. The van der Waals surface area contributed by atoms with Gasteiger partial charge >= 0.3 is 0 Å². The Labute approximate surface area is 171 Å². The van der Waals surface area contributed by atoms with Gasteiger partial charge in [-0.1, -0.05) is 77.1 Å². The summed E-state index contributed by atoms with van der Waals surface area (Å²) >= 11 is 0.823. The number of carbonyl (C=O) groups is 1. The minimum Gasteiger partial charge on any atom is -0.300 e. The largest absolute Gasteiger partial charge is 0.300 e. The van der Waals surface area contributed by atoms with E-state index in [9.17, 15) is 13.2 Å². The van der Waals surface area contributed by atoms with Crippen LogP contribution in [0, 0.1) is 5.41 Å². The highest BCUT2D eigenvalue weighted by Gasteiger charge is 2.26. The molecule has 1 atom stereocenters. The van der Waals surface area contributed by atoms with E-state index < -0.39 is 21.5 Å². The lowest BCUT2D eigenvalue weighted by Crippen LogP contribution is -2.27. The number of nitrogens with one attached hydrogen (secondary N) is 2. The highest BCUT2D eigenvalue weighted by atomic mass is 32.2. The maximum absolute atomic E-state index is 12.6. The maximum atomic E-state index is 12.6. The highest BCUT2D eigenvalue weighted by molar-refractivity contribution is 7.91. The molecule has 7 nitrogen and oxygen atoms in total. The highest BCUT2D eigenvalue weighted by Crippen LogP contribution is 2.26. The maximum Gasteiger partial charge on any atom is 0.270 e. The van der Waals surface area contributed by atoms with Crippen LogP contribution in [0.5, 0.6) is 0 Å². The number of carbonyl (C=O) groups excluding carboxylic acids is 1. The van der Waals surface area contributed by atoms with Gasteiger partial charge in [0.15, 0.2) is 0 Å².